The van der Waals surface area contributed by atoms with E-state index in [1.54, 1.807) is 0 Å². The van der Waals surface area contributed by atoms with E-state index in [1.165, 1.54) is 38.5 Å². The first-order valence-electron chi connectivity index (χ1n) is 6.22. The Morgan fingerprint density at radius 1 is 1.06 bits per heavy atom. The average molecular weight is 242 g/mol. The Hall–Kier alpha value is -0.480. The summed E-state index contributed by atoms with van der Waals surface area (Å²) < 4.78 is 4.20. The Morgan fingerprint density at radius 3 is 2.38 bits per heavy atom. The average Bonchev–Trinajstić information content (AvgIpc) is 2.76. The number of rotatable bonds is 9. The van der Waals surface area contributed by atoms with Gasteiger partial charge in [-0.3, -0.25) is 5.73 Å². The van der Waals surface area contributed by atoms with E-state index in [4.69, 9.17) is 5.73 Å². The second kappa shape index (κ2) is 8.65. The van der Waals surface area contributed by atoms with Crippen LogP contribution in [0.4, 0.5) is 0 Å². The van der Waals surface area contributed by atoms with Crippen molar-refractivity contribution in [2.75, 3.05) is 5.75 Å². The number of aryl methyl sites for hydroxylation is 1. The highest BCUT2D eigenvalue weighted by Crippen LogP contribution is 2.06. The lowest BCUT2D eigenvalue weighted by molar-refractivity contribution is -0.695. The van der Waals surface area contributed by atoms with Crippen molar-refractivity contribution in [2.45, 2.75) is 51.7 Å². The van der Waals surface area contributed by atoms with Crippen LogP contribution in [0.5, 0.6) is 0 Å². The monoisotopic (exact) mass is 242 g/mol. The Kier molecular flexibility index (Phi) is 7.34. The van der Waals surface area contributed by atoms with Gasteiger partial charge in [0.05, 0.1) is 6.54 Å². The number of aromatic nitrogens is 2. The van der Waals surface area contributed by atoms with Crippen LogP contribution in [0.1, 0.15) is 38.5 Å². The lowest BCUT2D eigenvalue weighted by Crippen LogP contribution is -2.35. The smallest absolute Gasteiger partial charge is 0.244 e. The van der Waals surface area contributed by atoms with Gasteiger partial charge < -0.3 is 0 Å². The number of nitrogens with two attached hydrogens (primary N) is 1. The Bertz CT molecular complexity index is 273. The van der Waals surface area contributed by atoms with Gasteiger partial charge in [0.25, 0.3) is 0 Å². The van der Waals surface area contributed by atoms with Gasteiger partial charge in [0.2, 0.25) is 6.33 Å². The maximum Gasteiger partial charge on any atom is 0.244 e. The van der Waals surface area contributed by atoms with Crippen molar-refractivity contribution in [2.24, 2.45) is 5.73 Å². The first-order valence-corrected chi connectivity index (χ1v) is 6.86. The highest BCUT2D eigenvalue weighted by molar-refractivity contribution is 7.80. The molecule has 0 unspecified atom stereocenters. The van der Waals surface area contributed by atoms with E-state index >= 15 is 0 Å². The van der Waals surface area contributed by atoms with Crippen LogP contribution in [0.3, 0.4) is 0 Å². The molecule has 2 N–H and O–H groups in total. The Labute approximate surface area is 104 Å². The second-order valence-corrected chi connectivity index (χ2v) is 4.64. The second-order valence-electron chi connectivity index (χ2n) is 4.19. The van der Waals surface area contributed by atoms with Gasteiger partial charge in [0.15, 0.2) is 0 Å². The number of hydrogen-bond acceptors (Lipinski definition) is 2. The molecule has 0 saturated heterocycles. The van der Waals surface area contributed by atoms with E-state index in [9.17, 15) is 0 Å². The molecule has 0 aliphatic carbocycles. The molecule has 0 aromatic carbocycles. The van der Waals surface area contributed by atoms with Gasteiger partial charge in [-0.25, -0.2) is 9.13 Å². The molecule has 0 aliphatic rings. The summed E-state index contributed by atoms with van der Waals surface area (Å²) in [6.45, 7) is 1.68. The van der Waals surface area contributed by atoms with Gasteiger partial charge in [-0.2, -0.15) is 12.6 Å². The highest BCUT2D eigenvalue weighted by atomic mass is 32.1. The highest BCUT2D eigenvalue weighted by Gasteiger charge is 2.00. The first-order chi connectivity index (χ1) is 7.86. The van der Waals surface area contributed by atoms with Crippen LogP contribution < -0.4 is 10.3 Å². The summed E-state index contributed by atoms with van der Waals surface area (Å²) in [5, 5.41) is 0. The molecule has 1 rings (SSSR count). The molecule has 4 heteroatoms. The fraction of sp³-hybridized carbons (Fsp3) is 0.750. The van der Waals surface area contributed by atoms with Gasteiger partial charge in [-0.15, -0.1) is 0 Å². The van der Waals surface area contributed by atoms with Crippen LogP contribution in [0, 0.1) is 0 Å². The van der Waals surface area contributed by atoms with E-state index in [-0.39, 0.29) is 0 Å². The van der Waals surface area contributed by atoms with Crippen LogP contribution in [0.15, 0.2) is 18.7 Å². The maximum atomic E-state index is 5.53. The molecule has 1 aromatic heterocycles. The molecule has 0 fully saturated rings. The van der Waals surface area contributed by atoms with Gasteiger partial charge in [0, 0.05) is 0 Å². The summed E-state index contributed by atoms with van der Waals surface area (Å²) in [7, 11) is 0. The minimum atomic E-state index is 0.566. The van der Waals surface area contributed by atoms with E-state index < -0.39 is 0 Å². The Morgan fingerprint density at radius 2 is 1.75 bits per heavy atom. The van der Waals surface area contributed by atoms with Crippen molar-refractivity contribution < 1.29 is 4.57 Å². The van der Waals surface area contributed by atoms with Crippen molar-refractivity contribution in [1.29, 1.82) is 0 Å². The lowest BCUT2D eigenvalue weighted by Gasteiger charge is -1.99. The fourth-order valence-electron chi connectivity index (χ4n) is 1.79. The zero-order chi connectivity index (χ0) is 11.6. The quantitative estimate of drug-likeness (QED) is 0.387. The van der Waals surface area contributed by atoms with Crippen molar-refractivity contribution >= 4 is 12.6 Å². The van der Waals surface area contributed by atoms with Crippen LogP contribution in [0.25, 0.3) is 0 Å². The van der Waals surface area contributed by atoms with Crippen LogP contribution in [0.2, 0.25) is 0 Å². The predicted octanol–water partition coefficient (Wildman–Crippen LogP) is 1.96. The topological polar surface area (TPSA) is 34.8 Å². The molecule has 0 amide bonds. The standard InChI is InChI=1S/C12H23N3S/c13-11-15-9-8-14(12-15)7-5-3-1-2-4-6-10-16/h8-9,12H,1-7,10-11,13H2/p+1. The number of thiol groups is 1. The molecular formula is C12H24N3S+. The molecule has 0 atom stereocenters. The van der Waals surface area contributed by atoms with Crippen molar-refractivity contribution in [3.05, 3.63) is 18.7 Å². The molecule has 0 spiro atoms. The minimum absolute atomic E-state index is 0.566. The molecule has 0 saturated carbocycles. The van der Waals surface area contributed by atoms with E-state index in [0.29, 0.717) is 6.67 Å². The SMILES string of the molecule is NC[n+]1ccn(CCCCCCCCS)c1. The van der Waals surface area contributed by atoms with E-state index in [0.717, 1.165) is 12.3 Å². The van der Waals surface area contributed by atoms with Crippen molar-refractivity contribution in [3.63, 3.8) is 0 Å². The zero-order valence-corrected chi connectivity index (χ0v) is 10.9. The summed E-state index contributed by atoms with van der Waals surface area (Å²) >= 11 is 4.21. The van der Waals surface area contributed by atoms with Crippen molar-refractivity contribution in [3.8, 4) is 0 Å². The predicted molar refractivity (Wildman–Crippen MR) is 70.4 cm³/mol. The lowest BCUT2D eigenvalue weighted by atomic mass is 10.1. The Balaban J connectivity index is 1.98. The fourth-order valence-corrected chi connectivity index (χ4v) is 2.02. The summed E-state index contributed by atoms with van der Waals surface area (Å²) in [4.78, 5) is 0. The molecule has 92 valence electrons. The van der Waals surface area contributed by atoms with Crippen molar-refractivity contribution in [1.82, 2.24) is 4.57 Å². The molecule has 16 heavy (non-hydrogen) atoms. The van der Waals surface area contributed by atoms with Gasteiger partial charge >= 0.3 is 0 Å². The van der Waals surface area contributed by atoms with Crippen LogP contribution in [-0.2, 0) is 13.2 Å². The summed E-state index contributed by atoms with van der Waals surface area (Å²) in [5.41, 5.74) is 5.53. The molecule has 0 radical (unpaired) electrons. The minimum Gasteiger partial charge on any atom is -0.295 e. The van der Waals surface area contributed by atoms with Crippen LogP contribution in [-0.4, -0.2) is 10.3 Å². The molecule has 1 aromatic rings. The van der Waals surface area contributed by atoms with E-state index in [2.05, 4.69) is 29.7 Å². The number of nitrogens with zero attached hydrogens (tertiary/aromatic N) is 2. The number of unbranched alkanes of at least 4 members (excludes halogenated alkanes) is 5. The molecule has 3 nitrogen and oxygen atoms in total. The first kappa shape index (κ1) is 13.6. The molecule has 0 bridgehead atoms. The third-order valence-electron chi connectivity index (χ3n) is 2.78. The third kappa shape index (κ3) is 5.56. The molecular weight excluding hydrogens is 218 g/mol. The van der Waals surface area contributed by atoms with Gasteiger partial charge in [0.1, 0.15) is 19.1 Å². The summed E-state index contributed by atoms with van der Waals surface area (Å²) in [6.07, 6.45) is 14.1. The third-order valence-corrected chi connectivity index (χ3v) is 3.10. The number of imidazole rings is 1. The molecule has 1 heterocycles. The largest absolute Gasteiger partial charge is 0.295 e. The zero-order valence-electron chi connectivity index (χ0n) is 10.0. The van der Waals surface area contributed by atoms with Gasteiger partial charge in [-0.05, 0) is 25.0 Å². The van der Waals surface area contributed by atoms with Crippen LogP contribution >= 0.6 is 12.6 Å². The number of hydrogen-bond donors (Lipinski definition) is 2. The maximum absolute atomic E-state index is 5.53. The summed E-state index contributed by atoms with van der Waals surface area (Å²) in [6, 6.07) is 0. The summed E-state index contributed by atoms with van der Waals surface area (Å²) in [5.74, 6) is 1.03. The van der Waals surface area contributed by atoms with E-state index in [1.807, 2.05) is 10.8 Å². The molecule has 0 aliphatic heterocycles. The van der Waals surface area contributed by atoms with Gasteiger partial charge in [-0.1, -0.05) is 19.3 Å². The normalized spacial score (nSPS) is 10.9.